The average Bonchev–Trinajstić information content (AvgIpc) is 2.97. The molecule has 0 saturated carbocycles. The summed E-state index contributed by atoms with van der Waals surface area (Å²) in [4.78, 5) is 14.0. The molecule has 9 nitrogen and oxygen atoms in total. The summed E-state index contributed by atoms with van der Waals surface area (Å²) in [5, 5.41) is 22.1. The zero-order valence-electron chi connectivity index (χ0n) is 10.1. The van der Waals surface area contributed by atoms with E-state index in [-0.39, 0.29) is 23.9 Å². The Bertz CT molecular complexity index is 638. The standard InChI is InChI=1S/C11H10N4O5/c12-11(14-16)10-8(15(17)18)3-4-9(13-10)20-6-7-2-1-5-19-7/h1-5,16H,6H2,(H2,12,14). The van der Waals surface area contributed by atoms with Crippen molar-refractivity contribution in [3.63, 3.8) is 0 Å². The minimum Gasteiger partial charge on any atom is -0.469 e. The van der Waals surface area contributed by atoms with Crippen LogP contribution in [-0.4, -0.2) is 21.0 Å². The van der Waals surface area contributed by atoms with E-state index < -0.39 is 10.8 Å². The topological polar surface area (TPSA) is 137 Å². The fourth-order valence-corrected chi connectivity index (χ4v) is 1.44. The van der Waals surface area contributed by atoms with Gasteiger partial charge >= 0.3 is 0 Å². The number of nitro groups is 1. The Morgan fingerprint density at radius 3 is 2.95 bits per heavy atom. The molecule has 0 spiro atoms. The van der Waals surface area contributed by atoms with E-state index in [1.54, 1.807) is 12.1 Å². The molecule has 104 valence electrons. The maximum Gasteiger partial charge on any atom is 0.299 e. The molecule has 0 radical (unpaired) electrons. The van der Waals surface area contributed by atoms with E-state index in [4.69, 9.17) is 20.1 Å². The van der Waals surface area contributed by atoms with Crippen LogP contribution < -0.4 is 10.5 Å². The third kappa shape index (κ3) is 2.83. The molecule has 9 heteroatoms. The van der Waals surface area contributed by atoms with Gasteiger partial charge in [-0.15, -0.1) is 0 Å². The van der Waals surface area contributed by atoms with Crippen LogP contribution in [0.25, 0.3) is 0 Å². The van der Waals surface area contributed by atoms with Crippen molar-refractivity contribution in [2.75, 3.05) is 0 Å². The van der Waals surface area contributed by atoms with Crippen molar-refractivity contribution in [1.29, 1.82) is 0 Å². The van der Waals surface area contributed by atoms with Crippen molar-refractivity contribution in [3.8, 4) is 5.88 Å². The molecule has 0 amide bonds. The fraction of sp³-hybridized carbons (Fsp3) is 0.0909. The summed E-state index contributed by atoms with van der Waals surface area (Å²) in [5.41, 5.74) is 4.70. The van der Waals surface area contributed by atoms with Gasteiger partial charge in [-0.2, -0.15) is 0 Å². The molecule has 0 saturated heterocycles. The van der Waals surface area contributed by atoms with Gasteiger partial charge in [0.1, 0.15) is 12.4 Å². The van der Waals surface area contributed by atoms with E-state index in [9.17, 15) is 10.1 Å². The number of amidine groups is 1. The van der Waals surface area contributed by atoms with Crippen molar-refractivity contribution < 1.29 is 19.3 Å². The van der Waals surface area contributed by atoms with E-state index in [0.717, 1.165) is 6.07 Å². The van der Waals surface area contributed by atoms with Gasteiger partial charge in [-0.3, -0.25) is 10.1 Å². The summed E-state index contributed by atoms with van der Waals surface area (Å²) in [6.45, 7) is 0.105. The highest BCUT2D eigenvalue weighted by Gasteiger charge is 2.20. The fourth-order valence-electron chi connectivity index (χ4n) is 1.44. The van der Waals surface area contributed by atoms with Crippen molar-refractivity contribution in [2.24, 2.45) is 10.9 Å². The summed E-state index contributed by atoms with van der Waals surface area (Å²) in [6, 6.07) is 5.88. The molecule has 0 aliphatic rings. The second-order valence-electron chi connectivity index (χ2n) is 3.63. The number of oxime groups is 1. The lowest BCUT2D eigenvalue weighted by Crippen LogP contribution is -2.17. The first kappa shape index (κ1) is 13.3. The Labute approximate surface area is 112 Å². The molecule has 0 unspecified atom stereocenters. The zero-order chi connectivity index (χ0) is 14.5. The van der Waals surface area contributed by atoms with Gasteiger partial charge in [0, 0.05) is 12.1 Å². The highest BCUT2D eigenvalue weighted by atomic mass is 16.6. The van der Waals surface area contributed by atoms with Crippen LogP contribution in [0.15, 0.2) is 40.1 Å². The van der Waals surface area contributed by atoms with Gasteiger partial charge in [-0.25, -0.2) is 4.98 Å². The number of nitrogens with two attached hydrogens (primary N) is 1. The van der Waals surface area contributed by atoms with E-state index >= 15 is 0 Å². The van der Waals surface area contributed by atoms with Crippen LogP contribution in [-0.2, 0) is 6.61 Å². The largest absolute Gasteiger partial charge is 0.469 e. The number of hydrogen-bond donors (Lipinski definition) is 2. The van der Waals surface area contributed by atoms with Crippen LogP contribution in [0, 0.1) is 10.1 Å². The quantitative estimate of drug-likeness (QED) is 0.276. The van der Waals surface area contributed by atoms with Crippen LogP contribution in [0.2, 0.25) is 0 Å². The van der Waals surface area contributed by atoms with Gasteiger partial charge in [0.15, 0.2) is 11.5 Å². The molecular formula is C11H10N4O5. The summed E-state index contributed by atoms with van der Waals surface area (Å²) in [6.07, 6.45) is 1.49. The van der Waals surface area contributed by atoms with E-state index in [1.807, 2.05) is 0 Å². The number of rotatable bonds is 5. The Morgan fingerprint density at radius 1 is 1.55 bits per heavy atom. The SMILES string of the molecule is N/C(=N/O)c1nc(OCc2ccco2)ccc1[N+](=O)[O-]. The van der Waals surface area contributed by atoms with Crippen LogP contribution in [0.1, 0.15) is 11.5 Å². The molecule has 2 aromatic rings. The van der Waals surface area contributed by atoms with Crippen molar-refractivity contribution in [3.05, 3.63) is 52.1 Å². The lowest BCUT2D eigenvalue weighted by atomic mass is 10.3. The molecule has 0 aromatic carbocycles. The molecule has 3 N–H and O–H groups in total. The molecule has 0 bridgehead atoms. The molecule has 20 heavy (non-hydrogen) atoms. The number of aromatic nitrogens is 1. The summed E-state index contributed by atoms with van der Waals surface area (Å²) < 4.78 is 10.4. The minimum atomic E-state index is -0.684. The van der Waals surface area contributed by atoms with E-state index in [0.29, 0.717) is 5.76 Å². The third-order valence-corrected chi connectivity index (χ3v) is 2.34. The molecular weight excluding hydrogens is 268 g/mol. The number of furan rings is 1. The number of ether oxygens (including phenoxy) is 1. The molecule has 0 aliphatic heterocycles. The predicted molar refractivity (Wildman–Crippen MR) is 66.4 cm³/mol. The number of nitrogens with zero attached hydrogens (tertiary/aromatic N) is 3. The zero-order valence-corrected chi connectivity index (χ0v) is 10.1. The second-order valence-corrected chi connectivity index (χ2v) is 3.63. The third-order valence-electron chi connectivity index (χ3n) is 2.34. The van der Waals surface area contributed by atoms with Crippen LogP contribution in [0.5, 0.6) is 5.88 Å². The second kappa shape index (κ2) is 5.69. The molecule has 0 atom stereocenters. The van der Waals surface area contributed by atoms with Crippen LogP contribution in [0.3, 0.4) is 0 Å². The highest BCUT2D eigenvalue weighted by Crippen LogP contribution is 2.20. The first-order valence-corrected chi connectivity index (χ1v) is 5.40. The van der Waals surface area contributed by atoms with E-state index in [1.165, 1.54) is 12.3 Å². The number of pyridine rings is 1. The molecule has 0 fully saturated rings. The van der Waals surface area contributed by atoms with Gasteiger partial charge in [0.2, 0.25) is 5.88 Å². The Morgan fingerprint density at radius 2 is 2.35 bits per heavy atom. The highest BCUT2D eigenvalue weighted by molar-refractivity contribution is 5.98. The summed E-state index contributed by atoms with van der Waals surface area (Å²) in [7, 11) is 0. The first-order chi connectivity index (χ1) is 9.61. The van der Waals surface area contributed by atoms with Crippen LogP contribution in [0.4, 0.5) is 5.69 Å². The minimum absolute atomic E-state index is 0.0913. The lowest BCUT2D eigenvalue weighted by molar-refractivity contribution is -0.385. The maximum atomic E-state index is 10.8. The normalized spacial score (nSPS) is 11.3. The van der Waals surface area contributed by atoms with Crippen molar-refractivity contribution >= 4 is 11.5 Å². The Hall–Kier alpha value is -3.10. The summed E-state index contributed by atoms with van der Waals surface area (Å²) >= 11 is 0. The molecule has 0 aliphatic carbocycles. The molecule has 2 rings (SSSR count). The first-order valence-electron chi connectivity index (χ1n) is 5.40. The summed E-state index contributed by atoms with van der Waals surface area (Å²) in [5.74, 6) is 0.184. The monoisotopic (exact) mass is 278 g/mol. The average molecular weight is 278 g/mol. The van der Waals surface area contributed by atoms with Gasteiger partial charge in [-0.05, 0) is 12.1 Å². The van der Waals surface area contributed by atoms with Crippen LogP contribution >= 0.6 is 0 Å². The van der Waals surface area contributed by atoms with Crippen molar-refractivity contribution in [1.82, 2.24) is 4.98 Å². The van der Waals surface area contributed by atoms with Crippen molar-refractivity contribution in [2.45, 2.75) is 6.61 Å². The Kier molecular flexibility index (Phi) is 3.80. The van der Waals surface area contributed by atoms with Gasteiger partial charge in [-0.1, -0.05) is 5.16 Å². The molecule has 2 heterocycles. The van der Waals surface area contributed by atoms with E-state index in [2.05, 4.69) is 10.1 Å². The van der Waals surface area contributed by atoms with Gasteiger partial charge in [0.05, 0.1) is 11.2 Å². The van der Waals surface area contributed by atoms with Gasteiger partial charge in [0.25, 0.3) is 5.69 Å². The number of hydrogen-bond acceptors (Lipinski definition) is 7. The Balaban J connectivity index is 2.25. The smallest absolute Gasteiger partial charge is 0.299 e. The maximum absolute atomic E-state index is 10.8. The van der Waals surface area contributed by atoms with Gasteiger partial charge < -0.3 is 20.1 Å². The predicted octanol–water partition coefficient (Wildman–Crippen LogP) is 1.26. The lowest BCUT2D eigenvalue weighted by Gasteiger charge is -2.05. The molecule has 2 aromatic heterocycles.